The highest BCUT2D eigenvalue weighted by Gasteiger charge is 2.33. The van der Waals surface area contributed by atoms with Gasteiger partial charge in [0, 0.05) is 12.2 Å². The lowest BCUT2D eigenvalue weighted by Crippen LogP contribution is -2.08. The molecule has 21 heavy (non-hydrogen) atoms. The van der Waals surface area contributed by atoms with Gasteiger partial charge in [-0.15, -0.1) is 0 Å². The second-order valence-corrected chi connectivity index (χ2v) is 5.31. The Balaban J connectivity index is 2.19. The van der Waals surface area contributed by atoms with Gasteiger partial charge in [0.2, 0.25) is 0 Å². The summed E-state index contributed by atoms with van der Waals surface area (Å²) in [5.74, 6) is 0. The molecule has 0 saturated heterocycles. The Kier molecular flexibility index (Phi) is 4.47. The van der Waals surface area contributed by atoms with Crippen LogP contribution in [0.3, 0.4) is 0 Å². The van der Waals surface area contributed by atoms with Crippen LogP contribution >= 0.6 is 11.6 Å². The van der Waals surface area contributed by atoms with Gasteiger partial charge in [-0.25, -0.2) is 0 Å². The van der Waals surface area contributed by atoms with E-state index in [0.717, 1.165) is 22.8 Å². The summed E-state index contributed by atoms with van der Waals surface area (Å²) >= 11 is 5.60. The third-order valence-corrected chi connectivity index (χ3v) is 3.80. The average molecular weight is 314 g/mol. The second-order valence-electron chi connectivity index (χ2n) is 4.90. The fourth-order valence-electron chi connectivity index (χ4n) is 2.05. The molecule has 0 aliphatic rings. The Bertz CT molecular complexity index is 650. The monoisotopic (exact) mass is 313 g/mol. The van der Waals surface area contributed by atoms with Gasteiger partial charge in [0.25, 0.3) is 0 Å². The van der Waals surface area contributed by atoms with Crippen molar-refractivity contribution in [1.82, 2.24) is 0 Å². The molecule has 0 spiro atoms. The van der Waals surface area contributed by atoms with Crippen molar-refractivity contribution < 1.29 is 13.2 Å². The normalized spacial score (nSPS) is 11.5. The molecular formula is C16H15ClF3N. The van der Waals surface area contributed by atoms with E-state index in [9.17, 15) is 13.2 Å². The van der Waals surface area contributed by atoms with Crippen molar-refractivity contribution in [3.63, 3.8) is 0 Å². The standard InChI is InChI=1S/C16H15ClF3N/c1-10-4-3-5-12(11(10)2)9-21-13-6-7-15(17)14(8-13)16(18,19)20/h3-8,21H,9H2,1-2H3. The maximum absolute atomic E-state index is 12.8. The summed E-state index contributed by atoms with van der Waals surface area (Å²) in [5, 5.41) is 2.72. The third kappa shape index (κ3) is 3.70. The van der Waals surface area contributed by atoms with Crippen LogP contribution in [0.15, 0.2) is 36.4 Å². The molecule has 2 aromatic carbocycles. The van der Waals surface area contributed by atoms with Crippen molar-refractivity contribution in [3.8, 4) is 0 Å². The van der Waals surface area contributed by atoms with Crippen molar-refractivity contribution in [2.75, 3.05) is 5.32 Å². The van der Waals surface area contributed by atoms with Crippen molar-refractivity contribution >= 4 is 17.3 Å². The molecule has 1 N–H and O–H groups in total. The van der Waals surface area contributed by atoms with Crippen LogP contribution in [0, 0.1) is 13.8 Å². The van der Waals surface area contributed by atoms with E-state index in [1.807, 2.05) is 32.0 Å². The van der Waals surface area contributed by atoms with Crippen LogP contribution in [0.25, 0.3) is 0 Å². The second kappa shape index (κ2) is 5.98. The highest BCUT2D eigenvalue weighted by atomic mass is 35.5. The maximum Gasteiger partial charge on any atom is 0.417 e. The van der Waals surface area contributed by atoms with Gasteiger partial charge in [0.15, 0.2) is 0 Å². The molecular weight excluding hydrogens is 299 g/mol. The summed E-state index contributed by atoms with van der Waals surface area (Å²) in [6, 6.07) is 9.73. The van der Waals surface area contributed by atoms with Crippen molar-refractivity contribution in [2.45, 2.75) is 26.6 Å². The largest absolute Gasteiger partial charge is 0.417 e. The quantitative estimate of drug-likeness (QED) is 0.779. The van der Waals surface area contributed by atoms with Crippen LogP contribution in [-0.4, -0.2) is 0 Å². The molecule has 0 atom stereocenters. The molecule has 0 fully saturated rings. The van der Waals surface area contributed by atoms with E-state index in [-0.39, 0.29) is 5.02 Å². The van der Waals surface area contributed by atoms with Gasteiger partial charge in [-0.05, 0) is 48.7 Å². The van der Waals surface area contributed by atoms with Gasteiger partial charge < -0.3 is 5.32 Å². The lowest BCUT2D eigenvalue weighted by Gasteiger charge is -2.14. The van der Waals surface area contributed by atoms with Crippen molar-refractivity contribution in [2.24, 2.45) is 0 Å². The summed E-state index contributed by atoms with van der Waals surface area (Å²) in [4.78, 5) is 0. The first-order valence-corrected chi connectivity index (χ1v) is 6.82. The lowest BCUT2D eigenvalue weighted by atomic mass is 10.0. The maximum atomic E-state index is 12.8. The van der Waals surface area contributed by atoms with E-state index in [4.69, 9.17) is 11.6 Å². The molecule has 2 aromatic rings. The summed E-state index contributed by atoms with van der Waals surface area (Å²) < 4.78 is 38.4. The Hall–Kier alpha value is -1.68. The summed E-state index contributed by atoms with van der Waals surface area (Å²) in [6.45, 7) is 4.46. The van der Waals surface area contributed by atoms with Gasteiger partial charge in [-0.3, -0.25) is 0 Å². The predicted molar refractivity (Wildman–Crippen MR) is 79.7 cm³/mol. The van der Waals surface area contributed by atoms with Crippen LogP contribution in [0.4, 0.5) is 18.9 Å². The minimum absolute atomic E-state index is 0.292. The highest BCUT2D eigenvalue weighted by molar-refractivity contribution is 6.31. The molecule has 0 bridgehead atoms. The van der Waals surface area contributed by atoms with Crippen LogP contribution < -0.4 is 5.32 Å². The van der Waals surface area contributed by atoms with Crippen LogP contribution in [0.2, 0.25) is 5.02 Å². The summed E-state index contributed by atoms with van der Waals surface area (Å²) in [6.07, 6.45) is -4.45. The predicted octanol–water partition coefficient (Wildman–Crippen LogP) is 5.59. The number of hydrogen-bond donors (Lipinski definition) is 1. The van der Waals surface area contributed by atoms with E-state index in [1.165, 1.54) is 6.07 Å². The van der Waals surface area contributed by atoms with E-state index in [2.05, 4.69) is 5.32 Å². The first kappa shape index (κ1) is 15.7. The molecule has 5 heteroatoms. The fraction of sp³-hybridized carbons (Fsp3) is 0.250. The Morgan fingerprint density at radius 1 is 1.10 bits per heavy atom. The number of benzene rings is 2. The smallest absolute Gasteiger partial charge is 0.381 e. The zero-order valence-corrected chi connectivity index (χ0v) is 12.4. The number of anilines is 1. The van der Waals surface area contributed by atoms with E-state index >= 15 is 0 Å². The van der Waals surface area contributed by atoms with Gasteiger partial charge in [0.05, 0.1) is 10.6 Å². The number of hydrogen-bond acceptors (Lipinski definition) is 1. The molecule has 0 aliphatic heterocycles. The van der Waals surface area contributed by atoms with Gasteiger partial charge in [-0.2, -0.15) is 13.2 Å². The Labute approximate surface area is 126 Å². The van der Waals surface area contributed by atoms with Crippen molar-refractivity contribution in [3.05, 3.63) is 63.7 Å². The molecule has 0 aromatic heterocycles. The summed E-state index contributed by atoms with van der Waals surface area (Å²) in [5.41, 5.74) is 2.91. The summed E-state index contributed by atoms with van der Waals surface area (Å²) in [7, 11) is 0. The number of aryl methyl sites for hydroxylation is 1. The third-order valence-electron chi connectivity index (χ3n) is 3.47. The average Bonchev–Trinajstić information content (AvgIpc) is 2.40. The Morgan fingerprint density at radius 2 is 1.81 bits per heavy atom. The molecule has 0 unspecified atom stereocenters. The number of halogens is 4. The number of alkyl halides is 3. The molecule has 112 valence electrons. The van der Waals surface area contributed by atoms with Crippen molar-refractivity contribution in [1.29, 1.82) is 0 Å². The number of nitrogens with one attached hydrogen (secondary N) is 1. The topological polar surface area (TPSA) is 12.0 Å². The zero-order chi connectivity index (χ0) is 15.6. The fourth-order valence-corrected chi connectivity index (χ4v) is 2.28. The molecule has 1 nitrogen and oxygen atoms in total. The first-order valence-electron chi connectivity index (χ1n) is 6.45. The van der Waals surface area contributed by atoms with Gasteiger partial charge in [0.1, 0.15) is 0 Å². The van der Waals surface area contributed by atoms with E-state index < -0.39 is 11.7 Å². The van der Waals surface area contributed by atoms with Crippen LogP contribution in [0.5, 0.6) is 0 Å². The molecule has 0 amide bonds. The zero-order valence-electron chi connectivity index (χ0n) is 11.7. The highest BCUT2D eigenvalue weighted by Crippen LogP contribution is 2.36. The minimum Gasteiger partial charge on any atom is -0.381 e. The number of rotatable bonds is 3. The van der Waals surface area contributed by atoms with Gasteiger partial charge in [-0.1, -0.05) is 29.8 Å². The van der Waals surface area contributed by atoms with Crippen LogP contribution in [0.1, 0.15) is 22.3 Å². The molecule has 0 radical (unpaired) electrons. The minimum atomic E-state index is -4.45. The Morgan fingerprint density at radius 3 is 2.48 bits per heavy atom. The first-order chi connectivity index (χ1) is 9.79. The SMILES string of the molecule is Cc1cccc(CNc2ccc(Cl)c(C(F)(F)F)c2)c1C. The van der Waals surface area contributed by atoms with Crippen LogP contribution in [-0.2, 0) is 12.7 Å². The van der Waals surface area contributed by atoms with E-state index in [0.29, 0.717) is 12.2 Å². The van der Waals surface area contributed by atoms with E-state index in [1.54, 1.807) is 6.07 Å². The lowest BCUT2D eigenvalue weighted by molar-refractivity contribution is -0.137. The molecule has 0 aliphatic carbocycles. The molecule has 0 heterocycles. The molecule has 0 saturated carbocycles. The van der Waals surface area contributed by atoms with Gasteiger partial charge >= 0.3 is 6.18 Å². The molecule has 2 rings (SSSR count).